The van der Waals surface area contributed by atoms with Crippen LogP contribution in [0.25, 0.3) is 4.96 Å². The molecule has 86 valence electrons. The smallest absolute Gasteiger partial charge is 0.194 e. The van der Waals surface area contributed by atoms with Gasteiger partial charge in [0, 0.05) is 23.9 Å². The molecule has 1 atom stereocenters. The summed E-state index contributed by atoms with van der Waals surface area (Å²) in [4.78, 5) is 5.71. The van der Waals surface area contributed by atoms with E-state index in [-0.39, 0.29) is 6.04 Å². The van der Waals surface area contributed by atoms with E-state index in [9.17, 15) is 0 Å². The van der Waals surface area contributed by atoms with E-state index < -0.39 is 0 Å². The standard InChI is InChI=1S/C11H15N3OS/c1-8-7-16-11-13-9(5-14(8)11)10-6-15-4-2-3-12-10/h5,7,10,12H,2-4,6H2,1H3. The monoisotopic (exact) mass is 237 g/mol. The first-order valence-electron chi connectivity index (χ1n) is 5.59. The van der Waals surface area contributed by atoms with Crippen molar-refractivity contribution in [2.45, 2.75) is 19.4 Å². The van der Waals surface area contributed by atoms with Crippen LogP contribution in [-0.2, 0) is 4.74 Å². The first-order chi connectivity index (χ1) is 7.84. The first-order valence-corrected chi connectivity index (χ1v) is 6.47. The second-order valence-corrected chi connectivity index (χ2v) is 4.97. The summed E-state index contributed by atoms with van der Waals surface area (Å²) in [5.74, 6) is 0. The van der Waals surface area contributed by atoms with Crippen molar-refractivity contribution in [2.24, 2.45) is 0 Å². The molecule has 0 bridgehead atoms. The highest BCUT2D eigenvalue weighted by atomic mass is 32.1. The van der Waals surface area contributed by atoms with Crippen molar-refractivity contribution in [1.82, 2.24) is 14.7 Å². The van der Waals surface area contributed by atoms with Crippen LogP contribution in [0.4, 0.5) is 0 Å². The normalized spacial score (nSPS) is 22.4. The van der Waals surface area contributed by atoms with Crippen molar-refractivity contribution in [3.05, 3.63) is 23.0 Å². The third-order valence-corrected chi connectivity index (χ3v) is 3.86. The van der Waals surface area contributed by atoms with Crippen LogP contribution in [0.5, 0.6) is 0 Å². The van der Waals surface area contributed by atoms with E-state index in [1.54, 1.807) is 11.3 Å². The summed E-state index contributed by atoms with van der Waals surface area (Å²) in [6, 6.07) is 0.244. The van der Waals surface area contributed by atoms with E-state index >= 15 is 0 Å². The Hall–Kier alpha value is -0.910. The number of ether oxygens (including phenoxy) is 1. The molecule has 1 N–H and O–H groups in total. The lowest BCUT2D eigenvalue weighted by Crippen LogP contribution is -2.23. The molecule has 0 radical (unpaired) electrons. The minimum Gasteiger partial charge on any atom is -0.379 e. The van der Waals surface area contributed by atoms with Gasteiger partial charge in [-0.25, -0.2) is 4.98 Å². The average Bonchev–Trinajstić information content (AvgIpc) is 2.72. The van der Waals surface area contributed by atoms with Gasteiger partial charge in [0.1, 0.15) is 0 Å². The van der Waals surface area contributed by atoms with Gasteiger partial charge >= 0.3 is 0 Å². The molecule has 1 unspecified atom stereocenters. The van der Waals surface area contributed by atoms with Gasteiger partial charge in [0.05, 0.1) is 18.3 Å². The fraction of sp³-hybridized carbons (Fsp3) is 0.545. The van der Waals surface area contributed by atoms with Gasteiger partial charge in [-0.2, -0.15) is 0 Å². The van der Waals surface area contributed by atoms with Gasteiger partial charge in [-0.05, 0) is 19.9 Å². The topological polar surface area (TPSA) is 38.6 Å². The largest absolute Gasteiger partial charge is 0.379 e. The van der Waals surface area contributed by atoms with Gasteiger partial charge in [-0.15, -0.1) is 11.3 Å². The molecule has 0 saturated carbocycles. The van der Waals surface area contributed by atoms with Gasteiger partial charge in [-0.1, -0.05) is 0 Å². The van der Waals surface area contributed by atoms with Crippen LogP contribution in [0.2, 0.25) is 0 Å². The van der Waals surface area contributed by atoms with Gasteiger partial charge in [0.15, 0.2) is 4.96 Å². The maximum Gasteiger partial charge on any atom is 0.194 e. The van der Waals surface area contributed by atoms with Gasteiger partial charge in [-0.3, -0.25) is 4.40 Å². The zero-order valence-corrected chi connectivity index (χ0v) is 10.1. The van der Waals surface area contributed by atoms with E-state index in [2.05, 4.69) is 33.2 Å². The Kier molecular flexibility index (Phi) is 2.67. The average molecular weight is 237 g/mol. The van der Waals surface area contributed by atoms with Crippen molar-refractivity contribution < 1.29 is 4.74 Å². The third-order valence-electron chi connectivity index (χ3n) is 2.90. The number of hydrogen-bond acceptors (Lipinski definition) is 4. The van der Waals surface area contributed by atoms with Crippen LogP contribution >= 0.6 is 11.3 Å². The molecular formula is C11H15N3OS. The lowest BCUT2D eigenvalue weighted by molar-refractivity contribution is 0.131. The molecule has 3 rings (SSSR count). The zero-order valence-electron chi connectivity index (χ0n) is 9.27. The molecule has 1 saturated heterocycles. The highest BCUT2D eigenvalue weighted by Gasteiger charge is 2.17. The van der Waals surface area contributed by atoms with Crippen LogP contribution in [0.15, 0.2) is 11.6 Å². The summed E-state index contributed by atoms with van der Waals surface area (Å²) >= 11 is 1.69. The molecule has 5 heteroatoms. The van der Waals surface area contributed by atoms with Crippen LogP contribution in [0.1, 0.15) is 23.9 Å². The first kappa shape index (κ1) is 10.3. The maximum absolute atomic E-state index is 5.56. The number of aromatic nitrogens is 2. The summed E-state index contributed by atoms with van der Waals surface area (Å²) in [7, 11) is 0. The summed E-state index contributed by atoms with van der Waals surface area (Å²) in [6.07, 6.45) is 3.20. The molecule has 0 aliphatic carbocycles. The molecule has 2 aromatic rings. The SMILES string of the molecule is Cc1csc2nc(C3COCCCN3)cn12. The molecule has 0 spiro atoms. The van der Waals surface area contributed by atoms with Crippen LogP contribution in [0, 0.1) is 6.92 Å². The van der Waals surface area contributed by atoms with Crippen LogP contribution in [-0.4, -0.2) is 29.1 Å². The molecule has 1 aliphatic rings. The van der Waals surface area contributed by atoms with Gasteiger partial charge < -0.3 is 10.1 Å². The molecule has 0 aromatic carbocycles. The Morgan fingerprint density at radius 3 is 3.44 bits per heavy atom. The quantitative estimate of drug-likeness (QED) is 0.821. The van der Waals surface area contributed by atoms with Crippen LogP contribution in [0.3, 0.4) is 0 Å². The minimum atomic E-state index is 0.244. The number of fused-ring (bicyclic) bond motifs is 1. The van der Waals surface area contributed by atoms with E-state index in [0.29, 0.717) is 0 Å². The third kappa shape index (κ3) is 1.75. The molecule has 3 heterocycles. The Balaban J connectivity index is 1.92. The van der Waals surface area contributed by atoms with Gasteiger partial charge in [0.25, 0.3) is 0 Å². The predicted molar refractivity (Wildman–Crippen MR) is 64.0 cm³/mol. The molecule has 4 nitrogen and oxygen atoms in total. The number of thiazole rings is 1. The minimum absolute atomic E-state index is 0.244. The second-order valence-electron chi connectivity index (χ2n) is 4.13. The van der Waals surface area contributed by atoms with Crippen molar-refractivity contribution >= 4 is 16.3 Å². The van der Waals surface area contributed by atoms with E-state index in [0.717, 1.165) is 36.8 Å². The number of aryl methyl sites for hydroxylation is 1. The van der Waals surface area contributed by atoms with Gasteiger partial charge in [0.2, 0.25) is 0 Å². The number of nitrogens with zero attached hydrogens (tertiary/aromatic N) is 2. The number of hydrogen-bond donors (Lipinski definition) is 1. The molecule has 1 fully saturated rings. The van der Waals surface area contributed by atoms with Crippen LogP contribution < -0.4 is 5.32 Å². The Labute approximate surface area is 98.3 Å². The second kappa shape index (κ2) is 4.16. The summed E-state index contributed by atoms with van der Waals surface area (Å²) in [5, 5.41) is 5.60. The zero-order chi connectivity index (χ0) is 11.0. The fourth-order valence-corrected chi connectivity index (χ4v) is 2.84. The lowest BCUT2D eigenvalue weighted by Gasteiger charge is -2.11. The summed E-state index contributed by atoms with van der Waals surface area (Å²) in [6.45, 7) is 4.69. The van der Waals surface area contributed by atoms with Crippen molar-refractivity contribution in [3.63, 3.8) is 0 Å². The summed E-state index contributed by atoms with van der Waals surface area (Å²) in [5.41, 5.74) is 2.34. The molecule has 0 amide bonds. The number of imidazole rings is 1. The van der Waals surface area contributed by atoms with E-state index in [4.69, 9.17) is 4.74 Å². The Bertz CT molecular complexity index is 482. The Morgan fingerprint density at radius 2 is 2.56 bits per heavy atom. The lowest BCUT2D eigenvalue weighted by atomic mass is 10.2. The van der Waals surface area contributed by atoms with E-state index in [1.807, 2.05) is 0 Å². The highest BCUT2D eigenvalue weighted by Crippen LogP contribution is 2.20. The van der Waals surface area contributed by atoms with Crippen molar-refractivity contribution in [2.75, 3.05) is 19.8 Å². The summed E-state index contributed by atoms with van der Waals surface area (Å²) < 4.78 is 7.70. The molecule has 16 heavy (non-hydrogen) atoms. The molecule has 1 aliphatic heterocycles. The fourth-order valence-electron chi connectivity index (χ4n) is 1.98. The maximum atomic E-state index is 5.56. The highest BCUT2D eigenvalue weighted by molar-refractivity contribution is 7.15. The van der Waals surface area contributed by atoms with Crippen molar-refractivity contribution in [3.8, 4) is 0 Å². The number of rotatable bonds is 1. The predicted octanol–water partition coefficient (Wildman–Crippen LogP) is 1.76. The molecule has 2 aromatic heterocycles. The Morgan fingerprint density at radius 1 is 1.62 bits per heavy atom. The van der Waals surface area contributed by atoms with Crippen molar-refractivity contribution in [1.29, 1.82) is 0 Å². The number of nitrogens with one attached hydrogen (secondary N) is 1. The molecular weight excluding hydrogens is 222 g/mol. The van der Waals surface area contributed by atoms with E-state index in [1.165, 1.54) is 5.69 Å².